The van der Waals surface area contributed by atoms with Gasteiger partial charge < -0.3 is 16.0 Å². The first-order valence-electron chi connectivity index (χ1n) is 9.04. The molecule has 0 spiro atoms. The van der Waals surface area contributed by atoms with Crippen LogP contribution in [0.5, 0.6) is 0 Å². The number of nitrogens with one attached hydrogen (secondary N) is 3. The summed E-state index contributed by atoms with van der Waals surface area (Å²) < 4.78 is 1.72. The van der Waals surface area contributed by atoms with E-state index in [1.165, 1.54) is 0 Å². The largest absolute Gasteiger partial charge is 0.353 e. The molecule has 0 radical (unpaired) electrons. The van der Waals surface area contributed by atoms with E-state index in [1.54, 1.807) is 16.9 Å². The third kappa shape index (κ3) is 3.71. The number of rotatable bonds is 5. The standard InChI is InChI=1S/C19H23N5O2/c1-24-11-15(10-20-24)21-14-4-2-3-13(9-14)19(26)22-16-7-8-17(25)23-18(16)12-5-6-12/h2-4,9-12,16,18,21H,5-8H2,1H3,(H,22,26)(H,23,25)/t16-,18+/m1/s1. The van der Waals surface area contributed by atoms with Gasteiger partial charge in [0, 0.05) is 30.9 Å². The molecule has 7 heteroatoms. The molecule has 1 aliphatic heterocycles. The number of carbonyl (C=O) groups excluding carboxylic acids is 2. The number of hydrogen-bond acceptors (Lipinski definition) is 4. The molecule has 0 bridgehead atoms. The highest BCUT2D eigenvalue weighted by Crippen LogP contribution is 2.36. The number of hydrogen-bond donors (Lipinski definition) is 3. The van der Waals surface area contributed by atoms with Gasteiger partial charge in [-0.05, 0) is 43.4 Å². The maximum atomic E-state index is 12.7. The quantitative estimate of drug-likeness (QED) is 0.767. The molecule has 2 amide bonds. The van der Waals surface area contributed by atoms with Gasteiger partial charge in [0.2, 0.25) is 5.91 Å². The number of benzene rings is 1. The monoisotopic (exact) mass is 353 g/mol. The van der Waals surface area contributed by atoms with E-state index in [1.807, 2.05) is 31.4 Å². The fourth-order valence-electron chi connectivity index (χ4n) is 3.53. The number of nitrogens with zero attached hydrogens (tertiary/aromatic N) is 2. The lowest BCUT2D eigenvalue weighted by molar-refractivity contribution is -0.124. The zero-order chi connectivity index (χ0) is 18.1. The lowest BCUT2D eigenvalue weighted by Gasteiger charge is -2.33. The Kier molecular flexibility index (Phi) is 4.36. The van der Waals surface area contributed by atoms with Gasteiger partial charge >= 0.3 is 0 Å². The Morgan fingerprint density at radius 2 is 2.12 bits per heavy atom. The van der Waals surface area contributed by atoms with E-state index in [9.17, 15) is 9.59 Å². The molecular weight excluding hydrogens is 330 g/mol. The predicted molar refractivity (Wildman–Crippen MR) is 98.1 cm³/mol. The number of anilines is 2. The molecule has 2 aliphatic rings. The fraction of sp³-hybridized carbons (Fsp3) is 0.421. The van der Waals surface area contributed by atoms with Gasteiger partial charge in [-0.25, -0.2) is 0 Å². The molecule has 7 nitrogen and oxygen atoms in total. The van der Waals surface area contributed by atoms with E-state index in [0.717, 1.165) is 24.2 Å². The van der Waals surface area contributed by atoms with Crippen molar-refractivity contribution in [1.29, 1.82) is 0 Å². The van der Waals surface area contributed by atoms with Crippen LogP contribution in [0.4, 0.5) is 11.4 Å². The molecule has 136 valence electrons. The highest BCUT2D eigenvalue weighted by Gasteiger charge is 2.40. The van der Waals surface area contributed by atoms with Gasteiger partial charge in [0.15, 0.2) is 0 Å². The Morgan fingerprint density at radius 1 is 1.27 bits per heavy atom. The molecule has 2 heterocycles. The van der Waals surface area contributed by atoms with Crippen molar-refractivity contribution in [1.82, 2.24) is 20.4 Å². The van der Waals surface area contributed by atoms with Crippen molar-refractivity contribution in [3.8, 4) is 0 Å². The first-order valence-corrected chi connectivity index (χ1v) is 9.04. The second-order valence-corrected chi connectivity index (χ2v) is 7.16. The molecule has 3 N–H and O–H groups in total. The Morgan fingerprint density at radius 3 is 2.85 bits per heavy atom. The number of amides is 2. The third-order valence-corrected chi connectivity index (χ3v) is 5.01. The molecule has 1 saturated heterocycles. The normalized spacial score (nSPS) is 22.6. The van der Waals surface area contributed by atoms with Crippen molar-refractivity contribution in [2.24, 2.45) is 13.0 Å². The molecule has 1 aromatic heterocycles. The minimum absolute atomic E-state index is 0.00244. The Balaban J connectivity index is 1.44. The summed E-state index contributed by atoms with van der Waals surface area (Å²) in [6.45, 7) is 0. The third-order valence-electron chi connectivity index (χ3n) is 5.01. The van der Waals surface area contributed by atoms with Crippen LogP contribution in [0.25, 0.3) is 0 Å². The van der Waals surface area contributed by atoms with Gasteiger partial charge in [-0.1, -0.05) is 6.07 Å². The number of aryl methyl sites for hydroxylation is 1. The summed E-state index contributed by atoms with van der Waals surface area (Å²) in [6, 6.07) is 7.47. The van der Waals surface area contributed by atoms with E-state index in [2.05, 4.69) is 21.0 Å². The van der Waals surface area contributed by atoms with Crippen LogP contribution in [0.15, 0.2) is 36.7 Å². The molecule has 26 heavy (non-hydrogen) atoms. The number of carbonyl (C=O) groups is 2. The van der Waals surface area contributed by atoms with E-state index < -0.39 is 0 Å². The van der Waals surface area contributed by atoms with Crippen LogP contribution >= 0.6 is 0 Å². The van der Waals surface area contributed by atoms with Gasteiger partial charge in [0.25, 0.3) is 5.91 Å². The predicted octanol–water partition coefficient (Wildman–Crippen LogP) is 1.95. The highest BCUT2D eigenvalue weighted by atomic mass is 16.2. The second-order valence-electron chi connectivity index (χ2n) is 7.16. The fourth-order valence-corrected chi connectivity index (χ4v) is 3.53. The zero-order valence-electron chi connectivity index (χ0n) is 14.7. The summed E-state index contributed by atoms with van der Waals surface area (Å²) in [5.74, 6) is 0.491. The van der Waals surface area contributed by atoms with E-state index in [0.29, 0.717) is 24.3 Å². The Hall–Kier alpha value is -2.83. The summed E-state index contributed by atoms with van der Waals surface area (Å²) in [4.78, 5) is 24.4. The first kappa shape index (κ1) is 16.6. The van der Waals surface area contributed by atoms with Gasteiger partial charge in [-0.2, -0.15) is 5.10 Å². The number of aromatic nitrogens is 2. The summed E-state index contributed by atoms with van der Waals surface area (Å²) in [5, 5.41) is 13.6. The minimum Gasteiger partial charge on any atom is -0.353 e. The smallest absolute Gasteiger partial charge is 0.251 e. The van der Waals surface area contributed by atoms with Crippen LogP contribution in [-0.2, 0) is 11.8 Å². The van der Waals surface area contributed by atoms with Crippen molar-refractivity contribution in [3.63, 3.8) is 0 Å². The Bertz CT molecular complexity index is 827. The van der Waals surface area contributed by atoms with Crippen molar-refractivity contribution in [2.75, 3.05) is 5.32 Å². The van der Waals surface area contributed by atoms with Crippen LogP contribution in [0, 0.1) is 5.92 Å². The van der Waals surface area contributed by atoms with E-state index >= 15 is 0 Å². The van der Waals surface area contributed by atoms with Crippen LogP contribution in [-0.4, -0.2) is 33.7 Å². The minimum atomic E-state index is -0.105. The van der Waals surface area contributed by atoms with Crippen molar-refractivity contribution in [2.45, 2.75) is 37.8 Å². The van der Waals surface area contributed by atoms with Crippen molar-refractivity contribution >= 4 is 23.2 Å². The first-order chi connectivity index (χ1) is 12.6. The highest BCUT2D eigenvalue weighted by molar-refractivity contribution is 5.95. The van der Waals surface area contributed by atoms with E-state index in [4.69, 9.17) is 0 Å². The molecule has 2 aromatic rings. The van der Waals surface area contributed by atoms with Gasteiger partial charge in [-0.3, -0.25) is 14.3 Å². The topological polar surface area (TPSA) is 88.0 Å². The maximum absolute atomic E-state index is 12.7. The maximum Gasteiger partial charge on any atom is 0.251 e. The molecule has 0 unspecified atom stereocenters. The second kappa shape index (κ2) is 6.82. The molecule has 4 rings (SSSR count). The van der Waals surface area contributed by atoms with Crippen LogP contribution in [0.2, 0.25) is 0 Å². The van der Waals surface area contributed by atoms with E-state index in [-0.39, 0.29) is 23.9 Å². The van der Waals surface area contributed by atoms with Crippen molar-refractivity contribution < 1.29 is 9.59 Å². The van der Waals surface area contributed by atoms with Gasteiger partial charge in [-0.15, -0.1) is 0 Å². The lowest BCUT2D eigenvalue weighted by atomic mass is 9.94. The SMILES string of the molecule is Cn1cc(Nc2cccc(C(=O)N[C@@H]3CCC(=O)N[C@H]3C3CC3)c2)cn1. The molecule has 1 aromatic carbocycles. The lowest BCUT2D eigenvalue weighted by Crippen LogP contribution is -2.56. The van der Waals surface area contributed by atoms with Crippen LogP contribution in [0.1, 0.15) is 36.0 Å². The number of piperidine rings is 1. The molecule has 1 saturated carbocycles. The van der Waals surface area contributed by atoms with Crippen LogP contribution in [0.3, 0.4) is 0 Å². The average Bonchev–Trinajstić information content (AvgIpc) is 3.39. The molecule has 2 atom stereocenters. The average molecular weight is 353 g/mol. The molecule has 2 fully saturated rings. The molecule has 1 aliphatic carbocycles. The van der Waals surface area contributed by atoms with Gasteiger partial charge in [0.1, 0.15) is 0 Å². The molecular formula is C19H23N5O2. The Labute approximate surface area is 152 Å². The summed E-state index contributed by atoms with van der Waals surface area (Å²) in [6.07, 6.45) is 7.03. The van der Waals surface area contributed by atoms with Crippen LogP contribution < -0.4 is 16.0 Å². The summed E-state index contributed by atoms with van der Waals surface area (Å²) >= 11 is 0. The zero-order valence-corrected chi connectivity index (χ0v) is 14.7. The van der Waals surface area contributed by atoms with Crippen molar-refractivity contribution in [3.05, 3.63) is 42.2 Å². The summed E-state index contributed by atoms with van der Waals surface area (Å²) in [5.41, 5.74) is 2.31. The van der Waals surface area contributed by atoms with Gasteiger partial charge in [0.05, 0.1) is 24.0 Å². The summed E-state index contributed by atoms with van der Waals surface area (Å²) in [7, 11) is 1.86.